The molecule has 9 nitrogen and oxygen atoms in total. The zero-order chi connectivity index (χ0) is 22.9. The fraction of sp³-hybridized carbons (Fsp3) is 0.0870. The molecular weight excluding hydrogens is 442 g/mol. The molecule has 2 aromatic heterocycles. The fourth-order valence-corrected chi connectivity index (χ4v) is 4.26. The Hall–Kier alpha value is -4.18. The Bertz CT molecular complexity index is 1370. The van der Waals surface area contributed by atoms with E-state index in [0.29, 0.717) is 28.0 Å². The molecule has 10 heteroatoms. The molecule has 0 saturated heterocycles. The number of carbonyl (C=O) groups excluding carboxylic acids is 3. The van der Waals surface area contributed by atoms with Crippen LogP contribution in [0.3, 0.4) is 0 Å². The Morgan fingerprint density at radius 3 is 2.55 bits per heavy atom. The third-order valence-corrected chi connectivity index (χ3v) is 6.02. The Balaban J connectivity index is 1.34. The van der Waals surface area contributed by atoms with Gasteiger partial charge < -0.3 is 9.73 Å². The molecule has 0 spiro atoms. The summed E-state index contributed by atoms with van der Waals surface area (Å²) in [6, 6.07) is 17.8. The van der Waals surface area contributed by atoms with E-state index in [9.17, 15) is 14.4 Å². The van der Waals surface area contributed by atoms with Crippen molar-refractivity contribution in [3.8, 4) is 17.3 Å². The highest BCUT2D eigenvalue weighted by Crippen LogP contribution is 2.29. The van der Waals surface area contributed by atoms with Crippen molar-refractivity contribution in [2.24, 2.45) is 0 Å². The second-order valence-electron chi connectivity index (χ2n) is 7.22. The highest BCUT2D eigenvalue weighted by molar-refractivity contribution is 7.99. The minimum Gasteiger partial charge on any atom is -0.461 e. The first-order valence-corrected chi connectivity index (χ1v) is 11.0. The van der Waals surface area contributed by atoms with Crippen molar-refractivity contribution in [2.75, 3.05) is 18.1 Å². The molecule has 0 saturated carbocycles. The zero-order valence-electron chi connectivity index (χ0n) is 17.4. The summed E-state index contributed by atoms with van der Waals surface area (Å²) >= 11 is 1.22. The smallest absolute Gasteiger partial charge is 0.261 e. The topological polar surface area (TPSA) is 110 Å². The Morgan fingerprint density at radius 1 is 1.00 bits per heavy atom. The molecule has 0 fully saturated rings. The lowest BCUT2D eigenvalue weighted by molar-refractivity contribution is -0.113. The van der Waals surface area contributed by atoms with Crippen molar-refractivity contribution in [1.29, 1.82) is 0 Å². The van der Waals surface area contributed by atoms with Crippen molar-refractivity contribution in [3.63, 3.8) is 0 Å². The standard InChI is InChI=1S/C23H17N5O4S/c1-27-21(30)16-10-9-14(12-17(16)22(27)31)24-19(29)13-33-23-26-25-20(18-8-5-11-32-18)28(23)15-6-3-2-4-7-15/h2-12H,13H2,1H3,(H,24,29). The monoisotopic (exact) mass is 459 g/mol. The highest BCUT2D eigenvalue weighted by Gasteiger charge is 2.32. The maximum absolute atomic E-state index is 12.6. The minimum absolute atomic E-state index is 0.0625. The second-order valence-corrected chi connectivity index (χ2v) is 8.16. The van der Waals surface area contributed by atoms with E-state index in [1.807, 2.05) is 34.9 Å². The summed E-state index contributed by atoms with van der Waals surface area (Å²) < 4.78 is 7.32. The number of fused-ring (bicyclic) bond motifs is 1. The molecule has 1 aliphatic rings. The Morgan fingerprint density at radius 2 is 1.79 bits per heavy atom. The lowest BCUT2D eigenvalue weighted by atomic mass is 10.1. The van der Waals surface area contributed by atoms with Gasteiger partial charge in [0, 0.05) is 18.4 Å². The average Bonchev–Trinajstić information content (AvgIpc) is 3.55. The summed E-state index contributed by atoms with van der Waals surface area (Å²) in [4.78, 5) is 37.9. The molecule has 0 aliphatic carbocycles. The lowest BCUT2D eigenvalue weighted by Crippen LogP contribution is -2.24. The van der Waals surface area contributed by atoms with Crippen LogP contribution in [0.4, 0.5) is 5.69 Å². The first-order valence-electron chi connectivity index (χ1n) is 9.97. The Kier molecular flexibility index (Phi) is 5.27. The van der Waals surface area contributed by atoms with Gasteiger partial charge in [-0.3, -0.25) is 23.9 Å². The van der Waals surface area contributed by atoms with Gasteiger partial charge in [-0.05, 0) is 42.5 Å². The average molecular weight is 459 g/mol. The van der Waals surface area contributed by atoms with E-state index in [-0.39, 0.29) is 29.0 Å². The van der Waals surface area contributed by atoms with Gasteiger partial charge in [0.05, 0.1) is 23.1 Å². The van der Waals surface area contributed by atoms with E-state index in [1.54, 1.807) is 30.5 Å². The summed E-state index contributed by atoms with van der Waals surface area (Å²) in [7, 11) is 1.43. The number of imide groups is 1. The normalized spacial score (nSPS) is 12.8. The van der Waals surface area contributed by atoms with Gasteiger partial charge in [-0.2, -0.15) is 0 Å². The van der Waals surface area contributed by atoms with Crippen molar-refractivity contribution in [3.05, 3.63) is 78.1 Å². The third-order valence-electron chi connectivity index (χ3n) is 5.10. The zero-order valence-corrected chi connectivity index (χ0v) is 18.2. The van der Waals surface area contributed by atoms with Crippen LogP contribution >= 0.6 is 11.8 Å². The van der Waals surface area contributed by atoms with Gasteiger partial charge >= 0.3 is 0 Å². The number of nitrogens with zero attached hydrogens (tertiary/aromatic N) is 4. The predicted octanol–water partition coefficient (Wildman–Crippen LogP) is 3.48. The number of thioether (sulfide) groups is 1. The lowest BCUT2D eigenvalue weighted by Gasteiger charge is -2.09. The molecule has 3 heterocycles. The molecule has 164 valence electrons. The number of amides is 3. The molecule has 5 rings (SSSR count). The van der Waals surface area contributed by atoms with Gasteiger partial charge in [0.25, 0.3) is 11.8 Å². The molecule has 0 atom stereocenters. The van der Waals surface area contributed by atoms with Gasteiger partial charge in [0.15, 0.2) is 10.9 Å². The van der Waals surface area contributed by atoms with Crippen molar-refractivity contribution in [2.45, 2.75) is 5.16 Å². The van der Waals surface area contributed by atoms with Gasteiger partial charge in [-0.25, -0.2) is 0 Å². The number of aromatic nitrogens is 3. The van der Waals surface area contributed by atoms with Crippen LogP contribution in [0.5, 0.6) is 0 Å². The van der Waals surface area contributed by atoms with E-state index in [1.165, 1.54) is 24.9 Å². The van der Waals surface area contributed by atoms with E-state index < -0.39 is 0 Å². The van der Waals surface area contributed by atoms with Gasteiger partial charge in [0.2, 0.25) is 11.7 Å². The maximum atomic E-state index is 12.6. The summed E-state index contributed by atoms with van der Waals surface area (Å²) in [5.41, 5.74) is 1.88. The maximum Gasteiger partial charge on any atom is 0.261 e. The van der Waals surface area contributed by atoms with Crippen molar-refractivity contribution >= 4 is 35.2 Å². The number of benzene rings is 2. The highest BCUT2D eigenvalue weighted by atomic mass is 32.2. The summed E-state index contributed by atoms with van der Waals surface area (Å²) in [5, 5.41) is 11.8. The van der Waals surface area contributed by atoms with Crippen LogP contribution in [0.1, 0.15) is 20.7 Å². The Labute approximate surface area is 192 Å². The molecule has 3 amide bonds. The van der Waals surface area contributed by atoms with Crippen LogP contribution in [0, 0.1) is 0 Å². The third kappa shape index (κ3) is 3.80. The number of furan rings is 1. The van der Waals surface area contributed by atoms with E-state index in [2.05, 4.69) is 15.5 Å². The second kappa shape index (κ2) is 8.40. The summed E-state index contributed by atoms with van der Waals surface area (Å²) in [6.07, 6.45) is 1.56. The first kappa shape index (κ1) is 20.7. The first-order chi connectivity index (χ1) is 16.0. The number of rotatable bonds is 6. The minimum atomic E-state index is -0.387. The number of hydrogen-bond donors (Lipinski definition) is 1. The quantitative estimate of drug-likeness (QED) is 0.347. The van der Waals surface area contributed by atoms with Crippen LogP contribution in [-0.4, -0.2) is 50.2 Å². The van der Waals surface area contributed by atoms with E-state index >= 15 is 0 Å². The number of anilines is 1. The predicted molar refractivity (Wildman–Crippen MR) is 121 cm³/mol. The van der Waals surface area contributed by atoms with E-state index in [4.69, 9.17) is 4.42 Å². The van der Waals surface area contributed by atoms with Crippen LogP contribution in [0.15, 0.2) is 76.5 Å². The fourth-order valence-electron chi connectivity index (χ4n) is 3.50. The molecule has 0 bridgehead atoms. The molecule has 1 N–H and O–H groups in total. The molecule has 0 unspecified atom stereocenters. The van der Waals surface area contributed by atoms with Crippen molar-refractivity contribution in [1.82, 2.24) is 19.7 Å². The van der Waals surface area contributed by atoms with E-state index in [0.717, 1.165) is 10.6 Å². The van der Waals surface area contributed by atoms with Gasteiger partial charge in [0.1, 0.15) is 0 Å². The van der Waals surface area contributed by atoms with Crippen LogP contribution < -0.4 is 5.32 Å². The van der Waals surface area contributed by atoms with Crippen molar-refractivity contribution < 1.29 is 18.8 Å². The van der Waals surface area contributed by atoms with Crippen LogP contribution in [0.25, 0.3) is 17.3 Å². The van der Waals surface area contributed by atoms with Gasteiger partial charge in [-0.1, -0.05) is 30.0 Å². The molecule has 33 heavy (non-hydrogen) atoms. The molecular formula is C23H17N5O4S. The number of para-hydroxylation sites is 1. The summed E-state index contributed by atoms with van der Waals surface area (Å²) in [5.74, 6) is 0.127. The molecule has 4 aromatic rings. The SMILES string of the molecule is CN1C(=O)c2ccc(NC(=O)CSc3nnc(-c4ccco4)n3-c3ccccc3)cc2C1=O. The molecule has 1 aliphatic heterocycles. The number of nitrogens with one attached hydrogen (secondary N) is 1. The number of carbonyl (C=O) groups is 3. The molecule has 0 radical (unpaired) electrons. The van der Waals surface area contributed by atoms with Gasteiger partial charge in [-0.15, -0.1) is 10.2 Å². The van der Waals surface area contributed by atoms with Crippen LogP contribution in [0.2, 0.25) is 0 Å². The molecule has 2 aromatic carbocycles. The summed E-state index contributed by atoms with van der Waals surface area (Å²) in [6.45, 7) is 0. The number of hydrogen-bond acceptors (Lipinski definition) is 7. The largest absolute Gasteiger partial charge is 0.461 e. The van der Waals surface area contributed by atoms with Crippen LogP contribution in [-0.2, 0) is 4.79 Å².